The molecule has 1 aliphatic rings. The van der Waals surface area contributed by atoms with Crippen molar-refractivity contribution in [1.82, 2.24) is 0 Å². The minimum atomic E-state index is 0.0359. The van der Waals surface area contributed by atoms with E-state index in [1.807, 2.05) is 19.1 Å². The summed E-state index contributed by atoms with van der Waals surface area (Å²) in [5.74, 6) is 0.542. The minimum absolute atomic E-state index is 0.0359. The van der Waals surface area contributed by atoms with E-state index < -0.39 is 0 Å². The molecule has 1 saturated carbocycles. The molecule has 2 rings (SSSR count). The lowest BCUT2D eigenvalue weighted by atomic mass is 9.80. The first kappa shape index (κ1) is 16.7. The molecule has 2 N–H and O–H groups in total. The number of nitrogens with two attached hydrogens (primary N) is 1. The van der Waals surface area contributed by atoms with Crippen LogP contribution in [0.5, 0.6) is 0 Å². The number of aryl methyl sites for hydroxylation is 1. The molecule has 3 nitrogen and oxygen atoms in total. The molecule has 2 unspecified atom stereocenters. The number of anilines is 1. The number of carbonyl (C=O) groups is 2. The summed E-state index contributed by atoms with van der Waals surface area (Å²) < 4.78 is 0. The van der Waals surface area contributed by atoms with Gasteiger partial charge in [-0.05, 0) is 49.8 Å². The van der Waals surface area contributed by atoms with Gasteiger partial charge in [0.1, 0.15) is 5.78 Å². The zero-order valence-corrected chi connectivity index (χ0v) is 13.9. The Labute approximate surface area is 133 Å². The maximum Gasteiger partial charge on any atom is 0.160 e. The number of carbonyl (C=O) groups excluding carboxylic acids is 2. The highest BCUT2D eigenvalue weighted by Gasteiger charge is 2.37. The summed E-state index contributed by atoms with van der Waals surface area (Å²) in [4.78, 5) is 24.4. The first-order valence-corrected chi connectivity index (χ1v) is 8.40. The smallest absolute Gasteiger partial charge is 0.160 e. The Morgan fingerprint density at radius 3 is 2.68 bits per heavy atom. The third kappa shape index (κ3) is 3.23. The van der Waals surface area contributed by atoms with E-state index >= 15 is 0 Å². The summed E-state index contributed by atoms with van der Waals surface area (Å²) >= 11 is 0. The van der Waals surface area contributed by atoms with Gasteiger partial charge in [-0.15, -0.1) is 0 Å². The van der Waals surface area contributed by atoms with Gasteiger partial charge in [-0.1, -0.05) is 32.3 Å². The van der Waals surface area contributed by atoms with Gasteiger partial charge in [0.15, 0.2) is 5.78 Å². The van der Waals surface area contributed by atoms with Gasteiger partial charge < -0.3 is 5.73 Å². The van der Waals surface area contributed by atoms with Crippen molar-refractivity contribution in [3.05, 3.63) is 28.8 Å². The van der Waals surface area contributed by atoms with Crippen molar-refractivity contribution >= 4 is 17.3 Å². The van der Waals surface area contributed by atoms with Crippen LogP contribution in [0.25, 0.3) is 0 Å². The molecule has 3 heteroatoms. The van der Waals surface area contributed by atoms with Gasteiger partial charge >= 0.3 is 0 Å². The number of hydrogen-bond donors (Lipinski definition) is 1. The topological polar surface area (TPSA) is 60.2 Å². The van der Waals surface area contributed by atoms with Crippen LogP contribution in [-0.2, 0) is 4.79 Å². The molecule has 1 fully saturated rings. The monoisotopic (exact) mass is 301 g/mol. The Morgan fingerprint density at radius 1 is 1.32 bits per heavy atom. The van der Waals surface area contributed by atoms with Crippen molar-refractivity contribution in [3.63, 3.8) is 0 Å². The highest BCUT2D eigenvalue weighted by molar-refractivity contribution is 5.99. The Hall–Kier alpha value is -1.64. The Bertz CT molecular complexity index is 577. The predicted molar refractivity (Wildman–Crippen MR) is 90.2 cm³/mol. The van der Waals surface area contributed by atoms with E-state index in [1.165, 1.54) is 0 Å². The third-order valence-electron chi connectivity index (χ3n) is 4.93. The van der Waals surface area contributed by atoms with Crippen LogP contribution in [0.1, 0.15) is 79.8 Å². The van der Waals surface area contributed by atoms with Gasteiger partial charge in [-0.2, -0.15) is 0 Å². The quantitative estimate of drug-likeness (QED) is 0.480. The largest absolute Gasteiger partial charge is 0.398 e. The van der Waals surface area contributed by atoms with Crippen molar-refractivity contribution in [2.45, 2.75) is 65.2 Å². The molecule has 0 heterocycles. The van der Waals surface area contributed by atoms with E-state index in [0.717, 1.165) is 48.8 Å². The summed E-state index contributed by atoms with van der Waals surface area (Å²) in [5, 5.41) is 0. The minimum Gasteiger partial charge on any atom is -0.398 e. The molecule has 1 aliphatic carbocycles. The molecule has 0 radical (unpaired) electrons. The average molecular weight is 301 g/mol. The second-order valence-corrected chi connectivity index (χ2v) is 6.53. The van der Waals surface area contributed by atoms with Crippen molar-refractivity contribution < 1.29 is 9.59 Å². The molecule has 0 aliphatic heterocycles. The molecule has 0 amide bonds. The SMILES string of the molecule is CCCCCC1C(=O)CCC1c1c(N)ccc(C)c1C(C)=O. The van der Waals surface area contributed by atoms with E-state index in [4.69, 9.17) is 5.73 Å². The molecule has 0 saturated heterocycles. The number of ketones is 2. The van der Waals surface area contributed by atoms with Gasteiger partial charge in [0.25, 0.3) is 0 Å². The van der Waals surface area contributed by atoms with Crippen LogP contribution in [0.4, 0.5) is 5.69 Å². The summed E-state index contributed by atoms with van der Waals surface area (Å²) in [7, 11) is 0. The van der Waals surface area contributed by atoms with Crippen molar-refractivity contribution in [3.8, 4) is 0 Å². The lowest BCUT2D eigenvalue weighted by molar-refractivity contribution is -0.121. The second-order valence-electron chi connectivity index (χ2n) is 6.53. The lowest BCUT2D eigenvalue weighted by Gasteiger charge is -2.23. The maximum absolute atomic E-state index is 12.3. The Kier molecular flexibility index (Phi) is 5.38. The van der Waals surface area contributed by atoms with E-state index in [-0.39, 0.29) is 17.6 Å². The summed E-state index contributed by atoms with van der Waals surface area (Å²) in [6, 6.07) is 3.78. The van der Waals surface area contributed by atoms with Crippen LogP contribution in [-0.4, -0.2) is 11.6 Å². The molecule has 2 atom stereocenters. The van der Waals surface area contributed by atoms with Crippen LogP contribution in [0.3, 0.4) is 0 Å². The third-order valence-corrected chi connectivity index (χ3v) is 4.93. The lowest BCUT2D eigenvalue weighted by Crippen LogP contribution is -2.18. The Balaban J connectivity index is 2.39. The number of Topliss-reactive ketones (excluding diaryl/α,β-unsaturated/α-hetero) is 2. The molecule has 1 aromatic carbocycles. The van der Waals surface area contributed by atoms with Crippen LogP contribution >= 0.6 is 0 Å². The molecule has 120 valence electrons. The molecule has 0 spiro atoms. The van der Waals surface area contributed by atoms with E-state index in [9.17, 15) is 9.59 Å². The van der Waals surface area contributed by atoms with Gasteiger partial charge in [-0.25, -0.2) is 0 Å². The van der Waals surface area contributed by atoms with E-state index in [2.05, 4.69) is 6.92 Å². The van der Waals surface area contributed by atoms with Crippen LogP contribution < -0.4 is 5.73 Å². The first-order valence-electron chi connectivity index (χ1n) is 8.40. The van der Waals surface area contributed by atoms with Crippen molar-refractivity contribution in [1.29, 1.82) is 0 Å². The van der Waals surface area contributed by atoms with Crippen LogP contribution in [0, 0.1) is 12.8 Å². The average Bonchev–Trinajstić information content (AvgIpc) is 2.82. The maximum atomic E-state index is 12.3. The Morgan fingerprint density at radius 2 is 2.05 bits per heavy atom. The molecular weight excluding hydrogens is 274 g/mol. The normalized spacial score (nSPS) is 21.3. The fourth-order valence-electron chi connectivity index (χ4n) is 3.84. The fraction of sp³-hybridized carbons (Fsp3) is 0.579. The zero-order chi connectivity index (χ0) is 16.3. The number of nitrogen functional groups attached to an aromatic ring is 1. The highest BCUT2D eigenvalue weighted by atomic mass is 16.1. The summed E-state index contributed by atoms with van der Waals surface area (Å²) in [6.07, 6.45) is 5.73. The predicted octanol–water partition coefficient (Wildman–Crippen LogP) is 4.42. The molecule has 0 aromatic heterocycles. The van der Waals surface area contributed by atoms with E-state index in [1.54, 1.807) is 6.92 Å². The molecule has 22 heavy (non-hydrogen) atoms. The number of hydrogen-bond acceptors (Lipinski definition) is 3. The van der Waals surface area contributed by atoms with Gasteiger partial charge in [-0.3, -0.25) is 9.59 Å². The van der Waals surface area contributed by atoms with E-state index in [0.29, 0.717) is 17.9 Å². The fourth-order valence-corrected chi connectivity index (χ4v) is 3.84. The first-order chi connectivity index (χ1) is 10.5. The summed E-state index contributed by atoms with van der Waals surface area (Å²) in [5.41, 5.74) is 9.50. The molecular formula is C19H27NO2. The number of rotatable bonds is 6. The van der Waals surface area contributed by atoms with Gasteiger partial charge in [0, 0.05) is 23.6 Å². The second kappa shape index (κ2) is 7.08. The van der Waals surface area contributed by atoms with Gasteiger partial charge in [0.2, 0.25) is 0 Å². The standard InChI is InChI=1S/C19H27NO2/c1-4-5-6-7-14-15(9-11-17(14)22)19-16(20)10-8-12(2)18(19)13(3)21/h8,10,14-15H,4-7,9,11,20H2,1-3H3. The molecule has 0 bridgehead atoms. The van der Waals surface area contributed by atoms with Crippen LogP contribution in [0.15, 0.2) is 12.1 Å². The molecule has 1 aromatic rings. The number of unbranched alkanes of at least 4 members (excludes halogenated alkanes) is 2. The van der Waals surface area contributed by atoms with Gasteiger partial charge in [0.05, 0.1) is 0 Å². The highest BCUT2D eigenvalue weighted by Crippen LogP contribution is 2.44. The number of benzene rings is 1. The zero-order valence-electron chi connectivity index (χ0n) is 13.9. The van der Waals surface area contributed by atoms with Crippen molar-refractivity contribution in [2.75, 3.05) is 5.73 Å². The van der Waals surface area contributed by atoms with Crippen LogP contribution in [0.2, 0.25) is 0 Å². The summed E-state index contributed by atoms with van der Waals surface area (Å²) in [6.45, 7) is 5.71. The van der Waals surface area contributed by atoms with Crippen molar-refractivity contribution in [2.24, 2.45) is 5.92 Å².